The van der Waals surface area contributed by atoms with Gasteiger partial charge >= 0.3 is 0 Å². The Hall–Kier alpha value is -0.730. The second-order valence-corrected chi connectivity index (χ2v) is 8.75. The number of hydrogen-bond acceptors (Lipinski definition) is 6. The van der Waals surface area contributed by atoms with Crippen molar-refractivity contribution in [3.05, 3.63) is 16.1 Å². The van der Waals surface area contributed by atoms with Crippen molar-refractivity contribution in [3.8, 4) is 0 Å². The van der Waals surface area contributed by atoms with Gasteiger partial charge in [-0.1, -0.05) is 20.8 Å². The minimum atomic E-state index is 0. The highest BCUT2D eigenvalue weighted by Crippen LogP contribution is 2.30. The van der Waals surface area contributed by atoms with Crippen LogP contribution in [0, 0.1) is 0 Å². The summed E-state index contributed by atoms with van der Waals surface area (Å²) in [6.07, 6.45) is 0.627. The van der Waals surface area contributed by atoms with Crippen molar-refractivity contribution in [1.82, 2.24) is 20.1 Å². The summed E-state index contributed by atoms with van der Waals surface area (Å²) in [5.74, 6) is 0.272. The van der Waals surface area contributed by atoms with Crippen LogP contribution in [0.25, 0.3) is 0 Å². The second-order valence-electron chi connectivity index (χ2n) is 7.86. The maximum atomic E-state index is 12.3. The van der Waals surface area contributed by atoms with Gasteiger partial charge in [-0.05, 0) is 0 Å². The molecule has 0 saturated carbocycles. The number of halogens is 1. The first-order valence-electron chi connectivity index (χ1n) is 9.22. The molecular weight excluding hydrogens is 372 g/mol. The van der Waals surface area contributed by atoms with Crippen LogP contribution in [0.15, 0.2) is 5.38 Å². The van der Waals surface area contributed by atoms with E-state index < -0.39 is 0 Å². The molecule has 1 unspecified atom stereocenters. The van der Waals surface area contributed by atoms with E-state index in [4.69, 9.17) is 9.72 Å². The number of aromatic nitrogens is 1. The topological polar surface area (TPSA) is 57.7 Å². The molecule has 0 aromatic carbocycles. The Morgan fingerprint density at radius 2 is 2.08 bits per heavy atom. The fourth-order valence-corrected chi connectivity index (χ4v) is 4.25. The van der Waals surface area contributed by atoms with Gasteiger partial charge in [-0.3, -0.25) is 9.69 Å². The molecular formula is C18H31ClN4O2S. The molecule has 1 amide bonds. The molecule has 2 fully saturated rings. The number of amides is 1. The summed E-state index contributed by atoms with van der Waals surface area (Å²) in [6.45, 7) is 13.3. The van der Waals surface area contributed by atoms with E-state index in [0.29, 0.717) is 13.0 Å². The summed E-state index contributed by atoms with van der Waals surface area (Å²) < 4.78 is 5.95. The van der Waals surface area contributed by atoms with E-state index in [1.54, 1.807) is 11.3 Å². The summed E-state index contributed by atoms with van der Waals surface area (Å²) in [4.78, 5) is 21.4. The van der Waals surface area contributed by atoms with Gasteiger partial charge in [-0.2, -0.15) is 0 Å². The smallest absolute Gasteiger partial charge is 0.223 e. The van der Waals surface area contributed by atoms with Gasteiger partial charge in [-0.15, -0.1) is 23.7 Å². The fraction of sp³-hybridized carbons (Fsp3) is 0.778. The molecule has 1 aromatic rings. The lowest BCUT2D eigenvalue weighted by molar-refractivity contribution is -0.132. The van der Waals surface area contributed by atoms with Crippen LogP contribution in [-0.2, 0) is 14.9 Å². The van der Waals surface area contributed by atoms with E-state index in [1.807, 2.05) is 4.90 Å². The van der Waals surface area contributed by atoms with Gasteiger partial charge in [0, 0.05) is 63.0 Å². The van der Waals surface area contributed by atoms with Gasteiger partial charge < -0.3 is 15.0 Å². The zero-order valence-electron chi connectivity index (χ0n) is 16.0. The Balaban J connectivity index is 0.00000243. The minimum Gasteiger partial charge on any atom is -0.368 e. The van der Waals surface area contributed by atoms with Crippen LogP contribution in [0.1, 0.15) is 44.0 Å². The second kappa shape index (κ2) is 9.46. The molecule has 6 nitrogen and oxygen atoms in total. The molecule has 1 N–H and O–H groups in total. The van der Waals surface area contributed by atoms with Crippen LogP contribution in [0.3, 0.4) is 0 Å². The molecule has 3 rings (SSSR count). The quantitative estimate of drug-likeness (QED) is 0.835. The van der Waals surface area contributed by atoms with E-state index in [-0.39, 0.29) is 29.8 Å². The molecule has 2 saturated heterocycles. The number of thiazole rings is 1. The molecule has 0 aliphatic carbocycles. The molecule has 1 atom stereocenters. The summed E-state index contributed by atoms with van der Waals surface area (Å²) in [6, 6.07) is 0. The highest BCUT2D eigenvalue weighted by molar-refractivity contribution is 7.09. The summed E-state index contributed by atoms with van der Waals surface area (Å²) in [5, 5.41) is 6.49. The number of ether oxygens (including phenoxy) is 1. The van der Waals surface area contributed by atoms with Gasteiger partial charge in [0.15, 0.2) is 0 Å². The van der Waals surface area contributed by atoms with Crippen LogP contribution in [0.5, 0.6) is 0 Å². The first-order valence-corrected chi connectivity index (χ1v) is 10.1. The zero-order valence-corrected chi connectivity index (χ0v) is 17.6. The van der Waals surface area contributed by atoms with Crippen molar-refractivity contribution in [1.29, 1.82) is 0 Å². The van der Waals surface area contributed by atoms with Crippen molar-refractivity contribution in [3.63, 3.8) is 0 Å². The molecule has 2 aliphatic heterocycles. The maximum absolute atomic E-state index is 12.3. The zero-order chi connectivity index (χ0) is 17.9. The van der Waals surface area contributed by atoms with Crippen LogP contribution in [0.2, 0.25) is 0 Å². The summed E-state index contributed by atoms with van der Waals surface area (Å²) >= 11 is 1.69. The molecule has 0 spiro atoms. The van der Waals surface area contributed by atoms with E-state index >= 15 is 0 Å². The van der Waals surface area contributed by atoms with Crippen LogP contribution >= 0.6 is 23.7 Å². The predicted molar refractivity (Wildman–Crippen MR) is 107 cm³/mol. The largest absolute Gasteiger partial charge is 0.368 e. The van der Waals surface area contributed by atoms with Crippen molar-refractivity contribution >= 4 is 29.7 Å². The monoisotopic (exact) mass is 402 g/mol. The number of nitrogens with zero attached hydrogens (tertiary/aromatic N) is 3. The lowest BCUT2D eigenvalue weighted by atomic mass is 9.93. The number of carbonyl (C=O) groups is 1. The predicted octanol–water partition coefficient (Wildman–Crippen LogP) is 2.06. The molecule has 2 aliphatic rings. The van der Waals surface area contributed by atoms with Crippen LogP contribution in [0.4, 0.5) is 0 Å². The Labute approximate surface area is 166 Å². The highest BCUT2D eigenvalue weighted by atomic mass is 35.5. The lowest BCUT2D eigenvalue weighted by Gasteiger charge is -2.33. The van der Waals surface area contributed by atoms with Gasteiger partial charge in [0.1, 0.15) is 11.1 Å². The minimum absolute atomic E-state index is 0. The Morgan fingerprint density at radius 3 is 2.73 bits per heavy atom. The average Bonchev–Trinajstić information content (AvgIpc) is 3.11. The van der Waals surface area contributed by atoms with E-state index in [9.17, 15) is 4.79 Å². The molecule has 0 radical (unpaired) electrons. The van der Waals surface area contributed by atoms with E-state index in [2.05, 4.69) is 36.4 Å². The van der Waals surface area contributed by atoms with Gasteiger partial charge in [0.25, 0.3) is 0 Å². The molecule has 26 heavy (non-hydrogen) atoms. The average molecular weight is 403 g/mol. The third-order valence-corrected chi connectivity index (χ3v) is 5.76. The summed E-state index contributed by atoms with van der Waals surface area (Å²) in [5.41, 5.74) is 1.20. The lowest BCUT2D eigenvalue weighted by Crippen LogP contribution is -2.47. The highest BCUT2D eigenvalue weighted by Gasteiger charge is 2.27. The van der Waals surface area contributed by atoms with Crippen molar-refractivity contribution in [2.45, 2.75) is 38.7 Å². The third kappa shape index (κ3) is 5.63. The maximum Gasteiger partial charge on any atom is 0.223 e. The van der Waals surface area contributed by atoms with Gasteiger partial charge in [-0.25, -0.2) is 4.98 Å². The Kier molecular flexibility index (Phi) is 7.85. The fourth-order valence-electron chi connectivity index (χ4n) is 3.16. The number of piperazine rings is 1. The molecule has 148 valence electrons. The van der Waals surface area contributed by atoms with Crippen LogP contribution < -0.4 is 5.32 Å². The third-order valence-electron chi connectivity index (χ3n) is 4.83. The van der Waals surface area contributed by atoms with Crippen molar-refractivity contribution in [2.75, 3.05) is 52.4 Å². The molecule has 0 bridgehead atoms. The van der Waals surface area contributed by atoms with E-state index in [0.717, 1.165) is 56.5 Å². The number of nitrogens with one attached hydrogen (secondary N) is 1. The van der Waals surface area contributed by atoms with Gasteiger partial charge in [0.05, 0.1) is 12.3 Å². The Morgan fingerprint density at radius 1 is 1.35 bits per heavy atom. The van der Waals surface area contributed by atoms with Crippen molar-refractivity contribution in [2.24, 2.45) is 0 Å². The SMILES string of the molecule is CC(C)(C)c1csc(C2CN(CCC(=O)N3CCNCC3)CCO2)n1.Cl. The molecule has 1 aromatic heterocycles. The first-order chi connectivity index (χ1) is 11.9. The number of hydrogen-bond donors (Lipinski definition) is 1. The van der Waals surface area contributed by atoms with Crippen molar-refractivity contribution < 1.29 is 9.53 Å². The van der Waals surface area contributed by atoms with E-state index in [1.165, 1.54) is 0 Å². The standard InChI is InChI=1S/C18H30N4O2S.ClH/c1-18(2,3)15-13-25-17(20-15)14-12-21(10-11-24-14)7-4-16(23)22-8-5-19-6-9-22;/h13-14,19H,4-12H2,1-3H3;1H. The first kappa shape index (κ1) is 21.6. The number of morpholine rings is 1. The summed E-state index contributed by atoms with van der Waals surface area (Å²) in [7, 11) is 0. The Bertz CT molecular complexity index is 584. The molecule has 3 heterocycles. The van der Waals surface area contributed by atoms with Gasteiger partial charge in [0.2, 0.25) is 5.91 Å². The van der Waals surface area contributed by atoms with Crippen LogP contribution in [-0.4, -0.2) is 73.1 Å². The molecule has 8 heteroatoms. The number of rotatable bonds is 4. The normalized spacial score (nSPS) is 22.1. The number of carbonyl (C=O) groups excluding carboxylic acids is 1.